The van der Waals surface area contributed by atoms with E-state index in [1.807, 2.05) is 72.3 Å². The quantitative estimate of drug-likeness (QED) is 0.242. The molecule has 3 aliphatic rings. The number of aromatic nitrogens is 6. The van der Waals surface area contributed by atoms with Crippen LogP contribution in [-0.4, -0.2) is 97.1 Å². The average molecular weight is 670 g/mol. The highest BCUT2D eigenvalue weighted by molar-refractivity contribution is 6.03. The van der Waals surface area contributed by atoms with Crippen LogP contribution in [0.15, 0.2) is 79.4 Å². The number of ether oxygens (including phenoxy) is 1. The third-order valence-corrected chi connectivity index (χ3v) is 10.0. The molecule has 2 saturated heterocycles. The van der Waals surface area contributed by atoms with Gasteiger partial charge in [0.1, 0.15) is 11.4 Å². The monoisotopic (exact) mass is 669 g/mol. The highest BCUT2D eigenvalue weighted by atomic mass is 16.5. The van der Waals surface area contributed by atoms with Crippen molar-refractivity contribution in [3.05, 3.63) is 85.0 Å². The third-order valence-electron chi connectivity index (χ3n) is 10.0. The van der Waals surface area contributed by atoms with Crippen LogP contribution in [0, 0.1) is 5.41 Å². The van der Waals surface area contributed by atoms with Crippen molar-refractivity contribution < 1.29 is 14.3 Å². The van der Waals surface area contributed by atoms with Gasteiger partial charge in [-0.05, 0) is 87.2 Å². The fourth-order valence-corrected chi connectivity index (χ4v) is 7.36. The standard InChI is InChI=1S/C38H39N9O3/c1-25(2)50-33-9-5-28(22-42-33)35-30-20-29(6-8-31(30)43-44-35)47-19-13-38(37(47)49)12-18-45(24-38)23-34(48)46-16-10-26(11-17-46)27-4-7-32(41-21-27)36-39-14-3-15-40-36/h3-10,14-15,20-22,25H,11-13,16-19,23-24H2,1-2H3,(H,43,44)/t38-/m0/s1. The van der Waals surface area contributed by atoms with Crippen molar-refractivity contribution in [2.24, 2.45) is 5.41 Å². The first-order valence-electron chi connectivity index (χ1n) is 17.2. The summed E-state index contributed by atoms with van der Waals surface area (Å²) >= 11 is 0. The van der Waals surface area contributed by atoms with E-state index in [9.17, 15) is 9.59 Å². The summed E-state index contributed by atoms with van der Waals surface area (Å²) in [5.41, 5.74) is 5.90. The molecule has 8 rings (SSSR count). The summed E-state index contributed by atoms with van der Waals surface area (Å²) in [7, 11) is 0. The molecule has 5 aromatic rings. The fraction of sp³-hybridized carbons (Fsp3) is 0.342. The third kappa shape index (κ3) is 6.11. The molecule has 2 fully saturated rings. The van der Waals surface area contributed by atoms with Crippen LogP contribution in [0.25, 0.3) is 39.3 Å². The van der Waals surface area contributed by atoms with Crippen LogP contribution in [0.5, 0.6) is 5.88 Å². The van der Waals surface area contributed by atoms with E-state index in [0.29, 0.717) is 44.4 Å². The van der Waals surface area contributed by atoms with Gasteiger partial charge in [-0.3, -0.25) is 24.6 Å². The maximum atomic E-state index is 14.0. The Kier molecular flexibility index (Phi) is 8.31. The lowest BCUT2D eigenvalue weighted by Crippen LogP contribution is -2.43. The van der Waals surface area contributed by atoms with E-state index in [1.54, 1.807) is 24.7 Å². The Morgan fingerprint density at radius 2 is 1.78 bits per heavy atom. The van der Waals surface area contributed by atoms with Gasteiger partial charge in [-0.1, -0.05) is 12.1 Å². The zero-order valence-corrected chi connectivity index (χ0v) is 28.2. The van der Waals surface area contributed by atoms with Gasteiger partial charge < -0.3 is 14.5 Å². The molecular weight excluding hydrogens is 630 g/mol. The molecule has 50 heavy (non-hydrogen) atoms. The van der Waals surface area contributed by atoms with Gasteiger partial charge in [0.05, 0.1) is 23.6 Å². The number of carbonyl (C=O) groups is 2. The van der Waals surface area contributed by atoms with Gasteiger partial charge in [0.25, 0.3) is 0 Å². The lowest BCUT2D eigenvalue weighted by molar-refractivity contribution is -0.132. The van der Waals surface area contributed by atoms with Crippen molar-refractivity contribution in [1.82, 2.24) is 39.9 Å². The second-order valence-corrected chi connectivity index (χ2v) is 13.6. The summed E-state index contributed by atoms with van der Waals surface area (Å²) < 4.78 is 5.70. The molecule has 0 aliphatic carbocycles. The number of hydrogen-bond donors (Lipinski definition) is 1. The number of benzene rings is 1. The predicted molar refractivity (Wildman–Crippen MR) is 190 cm³/mol. The van der Waals surface area contributed by atoms with Crippen molar-refractivity contribution in [3.8, 4) is 28.7 Å². The molecule has 1 atom stereocenters. The minimum Gasteiger partial charge on any atom is -0.475 e. The molecule has 1 aromatic carbocycles. The summed E-state index contributed by atoms with van der Waals surface area (Å²) in [6.07, 6.45) is 11.5. The second-order valence-electron chi connectivity index (χ2n) is 13.6. The number of aromatic amines is 1. The first-order valence-corrected chi connectivity index (χ1v) is 17.2. The molecule has 3 aliphatic heterocycles. The molecule has 254 valence electrons. The van der Waals surface area contributed by atoms with Gasteiger partial charge in [0, 0.05) is 73.7 Å². The Balaban J connectivity index is 0.889. The fourth-order valence-electron chi connectivity index (χ4n) is 7.36. The Morgan fingerprint density at radius 3 is 2.52 bits per heavy atom. The minimum absolute atomic E-state index is 0.0437. The summed E-state index contributed by atoms with van der Waals surface area (Å²) in [5.74, 6) is 1.41. The van der Waals surface area contributed by atoms with E-state index in [1.165, 1.54) is 5.57 Å². The van der Waals surface area contributed by atoms with E-state index in [2.05, 4.69) is 41.1 Å². The summed E-state index contributed by atoms with van der Waals surface area (Å²) in [5, 5.41) is 8.61. The molecule has 0 bridgehead atoms. The summed E-state index contributed by atoms with van der Waals surface area (Å²) in [6, 6.07) is 15.6. The van der Waals surface area contributed by atoms with Crippen molar-refractivity contribution in [3.63, 3.8) is 0 Å². The number of nitrogens with zero attached hydrogens (tertiary/aromatic N) is 8. The Labute approximate surface area is 290 Å². The van der Waals surface area contributed by atoms with Crippen LogP contribution in [-0.2, 0) is 9.59 Å². The molecule has 1 spiro atoms. The zero-order valence-electron chi connectivity index (χ0n) is 28.2. The van der Waals surface area contributed by atoms with E-state index >= 15 is 0 Å². The van der Waals surface area contributed by atoms with Gasteiger partial charge in [0.15, 0.2) is 5.82 Å². The molecule has 2 amide bonds. The number of nitrogens with one attached hydrogen (secondary N) is 1. The van der Waals surface area contributed by atoms with E-state index < -0.39 is 5.41 Å². The molecule has 12 nitrogen and oxygen atoms in total. The largest absolute Gasteiger partial charge is 0.475 e. The zero-order chi connectivity index (χ0) is 34.2. The molecule has 0 radical (unpaired) electrons. The highest BCUT2D eigenvalue weighted by Crippen LogP contribution is 2.43. The highest BCUT2D eigenvalue weighted by Gasteiger charge is 2.51. The van der Waals surface area contributed by atoms with Crippen molar-refractivity contribution in [1.29, 1.82) is 0 Å². The average Bonchev–Trinajstić information content (AvgIpc) is 3.85. The van der Waals surface area contributed by atoms with Crippen LogP contribution >= 0.6 is 0 Å². The van der Waals surface area contributed by atoms with E-state index in [-0.39, 0.29) is 17.9 Å². The first kappa shape index (κ1) is 31.8. The minimum atomic E-state index is -0.469. The summed E-state index contributed by atoms with van der Waals surface area (Å²) in [4.78, 5) is 50.9. The molecule has 0 saturated carbocycles. The lowest BCUT2D eigenvalue weighted by Gasteiger charge is -2.29. The topological polar surface area (TPSA) is 133 Å². The second kappa shape index (κ2) is 13.1. The van der Waals surface area contributed by atoms with Gasteiger partial charge in [-0.15, -0.1) is 0 Å². The number of likely N-dealkylation sites (tertiary alicyclic amines) is 1. The molecule has 12 heteroatoms. The van der Waals surface area contributed by atoms with E-state index in [0.717, 1.165) is 64.9 Å². The van der Waals surface area contributed by atoms with Gasteiger partial charge in [-0.2, -0.15) is 5.10 Å². The first-order chi connectivity index (χ1) is 24.3. The molecule has 7 heterocycles. The number of pyridine rings is 2. The maximum Gasteiger partial charge on any atom is 0.237 e. The predicted octanol–water partition coefficient (Wildman–Crippen LogP) is 5.01. The maximum absolute atomic E-state index is 14.0. The number of rotatable bonds is 8. The number of hydrogen-bond acceptors (Lipinski definition) is 9. The smallest absolute Gasteiger partial charge is 0.237 e. The van der Waals surface area contributed by atoms with Crippen molar-refractivity contribution >= 4 is 34.0 Å². The van der Waals surface area contributed by atoms with Gasteiger partial charge in [-0.25, -0.2) is 15.0 Å². The number of carbonyl (C=O) groups excluding carboxylic acids is 2. The Hall–Kier alpha value is -5.49. The SMILES string of the molecule is CC(C)Oc1ccc(-c2n[nH]c3ccc(N4CC[C@]5(CCN(CC(=O)N6CC=C(c7ccc(-c8ncccn8)nc7)CC6)C5)C4=O)cc23)cn1. The van der Waals surface area contributed by atoms with Crippen molar-refractivity contribution in [2.45, 2.75) is 39.2 Å². The number of anilines is 1. The molecule has 4 aromatic heterocycles. The van der Waals surface area contributed by atoms with Gasteiger partial charge in [0.2, 0.25) is 17.7 Å². The number of amides is 2. The molecular formula is C38H39N9O3. The van der Waals surface area contributed by atoms with Crippen LogP contribution < -0.4 is 9.64 Å². The van der Waals surface area contributed by atoms with Crippen molar-refractivity contribution in [2.75, 3.05) is 44.2 Å². The van der Waals surface area contributed by atoms with Gasteiger partial charge >= 0.3 is 0 Å². The summed E-state index contributed by atoms with van der Waals surface area (Å²) in [6.45, 7) is 7.46. The molecule has 1 N–H and O–H groups in total. The van der Waals surface area contributed by atoms with Crippen LogP contribution in [0.2, 0.25) is 0 Å². The lowest BCUT2D eigenvalue weighted by atomic mass is 9.85. The Bertz CT molecular complexity index is 2060. The Morgan fingerprint density at radius 1 is 0.960 bits per heavy atom. The number of H-pyrrole nitrogens is 1. The molecule has 0 unspecified atom stereocenters. The van der Waals surface area contributed by atoms with Crippen LogP contribution in [0.4, 0.5) is 5.69 Å². The van der Waals surface area contributed by atoms with Crippen LogP contribution in [0.1, 0.15) is 38.7 Å². The van der Waals surface area contributed by atoms with Crippen LogP contribution in [0.3, 0.4) is 0 Å². The normalized spacial score (nSPS) is 19.6. The number of fused-ring (bicyclic) bond motifs is 1. The van der Waals surface area contributed by atoms with E-state index in [4.69, 9.17) is 4.74 Å².